The van der Waals surface area contributed by atoms with Gasteiger partial charge in [0, 0.05) is 22.8 Å². The lowest BCUT2D eigenvalue weighted by Gasteiger charge is -2.13. The van der Waals surface area contributed by atoms with Crippen LogP contribution in [0.15, 0.2) is 51.2 Å². The first-order valence-corrected chi connectivity index (χ1v) is 12.4. The Balaban J connectivity index is 1.63. The molecule has 0 aliphatic heterocycles. The molecular formula is C24H25N3O4S2. The van der Waals surface area contributed by atoms with E-state index in [1.165, 1.54) is 23.1 Å². The Bertz CT molecular complexity index is 1250. The second kappa shape index (κ2) is 10.7. The summed E-state index contributed by atoms with van der Waals surface area (Å²) in [6, 6.07) is 13.0. The maximum atomic E-state index is 13.4. The van der Waals surface area contributed by atoms with Crippen LogP contribution in [0.1, 0.15) is 40.9 Å². The smallest absolute Gasteiger partial charge is 0.291 e. The van der Waals surface area contributed by atoms with Crippen LogP contribution in [0.25, 0.3) is 11.0 Å². The van der Waals surface area contributed by atoms with Crippen LogP contribution in [0, 0.1) is 6.92 Å². The standard InChI is InChI=1S/C24H25N3O4S2/c1-4-5-12-30-21-11-10-16(29-3)13-19(21)25-23(28)22-18(14-32-24-27-26-15(2)33-24)17-8-6-7-9-20(17)31-22/h6-11,13H,4-5,12,14H2,1-3H3,(H,25,28). The monoisotopic (exact) mass is 483 g/mol. The maximum absolute atomic E-state index is 13.4. The van der Waals surface area contributed by atoms with Gasteiger partial charge < -0.3 is 19.2 Å². The van der Waals surface area contributed by atoms with E-state index in [0.717, 1.165) is 33.1 Å². The molecule has 9 heteroatoms. The molecule has 0 saturated carbocycles. The third-order valence-corrected chi connectivity index (χ3v) is 6.94. The minimum absolute atomic E-state index is 0.271. The van der Waals surface area contributed by atoms with Gasteiger partial charge in [-0.1, -0.05) is 54.6 Å². The lowest BCUT2D eigenvalue weighted by molar-refractivity contribution is 0.0997. The fourth-order valence-electron chi connectivity index (χ4n) is 3.26. The van der Waals surface area contributed by atoms with Gasteiger partial charge in [-0.3, -0.25) is 4.79 Å². The van der Waals surface area contributed by atoms with Gasteiger partial charge in [-0.15, -0.1) is 10.2 Å². The molecule has 0 aliphatic rings. The summed E-state index contributed by atoms with van der Waals surface area (Å²) in [5.41, 5.74) is 2.02. The Kier molecular flexibility index (Phi) is 7.51. The van der Waals surface area contributed by atoms with Gasteiger partial charge in [-0.05, 0) is 31.5 Å². The molecular weight excluding hydrogens is 458 g/mol. The molecule has 0 fully saturated rings. The van der Waals surface area contributed by atoms with Gasteiger partial charge in [0.15, 0.2) is 10.1 Å². The Labute approximate surface area is 200 Å². The number of hydrogen-bond acceptors (Lipinski definition) is 8. The Morgan fingerprint density at radius 1 is 1.21 bits per heavy atom. The number of anilines is 1. The first kappa shape index (κ1) is 23.1. The van der Waals surface area contributed by atoms with E-state index in [9.17, 15) is 4.79 Å². The zero-order valence-electron chi connectivity index (χ0n) is 18.7. The molecule has 0 unspecified atom stereocenters. The predicted molar refractivity (Wildman–Crippen MR) is 132 cm³/mol. The van der Waals surface area contributed by atoms with Gasteiger partial charge in [0.25, 0.3) is 5.91 Å². The Morgan fingerprint density at radius 2 is 2.06 bits per heavy atom. The molecule has 0 saturated heterocycles. The van der Waals surface area contributed by atoms with Crippen molar-refractivity contribution in [3.63, 3.8) is 0 Å². The van der Waals surface area contributed by atoms with E-state index in [1.54, 1.807) is 19.2 Å². The molecule has 0 aliphatic carbocycles. The van der Waals surface area contributed by atoms with E-state index < -0.39 is 0 Å². The summed E-state index contributed by atoms with van der Waals surface area (Å²) < 4.78 is 18.1. The predicted octanol–water partition coefficient (Wildman–Crippen LogP) is 6.32. The van der Waals surface area contributed by atoms with E-state index in [1.807, 2.05) is 37.3 Å². The molecule has 1 N–H and O–H groups in total. The molecule has 4 rings (SSSR count). The summed E-state index contributed by atoms with van der Waals surface area (Å²) >= 11 is 3.06. The summed E-state index contributed by atoms with van der Waals surface area (Å²) in [4.78, 5) is 13.4. The summed E-state index contributed by atoms with van der Waals surface area (Å²) in [6.07, 6.45) is 1.95. The highest BCUT2D eigenvalue weighted by atomic mass is 32.2. The zero-order valence-corrected chi connectivity index (χ0v) is 20.3. The van der Waals surface area contributed by atoms with Crippen LogP contribution >= 0.6 is 23.1 Å². The minimum atomic E-state index is -0.344. The van der Waals surface area contributed by atoms with Crippen molar-refractivity contribution in [1.29, 1.82) is 0 Å². The lowest BCUT2D eigenvalue weighted by Crippen LogP contribution is -2.14. The quantitative estimate of drug-likeness (QED) is 0.208. The van der Waals surface area contributed by atoms with Gasteiger partial charge in [-0.25, -0.2) is 0 Å². The van der Waals surface area contributed by atoms with Gasteiger partial charge in [0.05, 0.1) is 19.4 Å². The number of thioether (sulfide) groups is 1. The van der Waals surface area contributed by atoms with Crippen LogP contribution in [0.4, 0.5) is 5.69 Å². The van der Waals surface area contributed by atoms with Crippen LogP contribution in [0.3, 0.4) is 0 Å². The van der Waals surface area contributed by atoms with Crippen molar-refractivity contribution < 1.29 is 18.7 Å². The van der Waals surface area contributed by atoms with Crippen molar-refractivity contribution in [1.82, 2.24) is 10.2 Å². The third kappa shape index (κ3) is 5.48. The SMILES string of the molecule is CCCCOc1ccc(OC)cc1NC(=O)c1oc2ccccc2c1CSc1nnc(C)s1. The van der Waals surface area contributed by atoms with Crippen molar-refractivity contribution in [3.8, 4) is 11.5 Å². The van der Waals surface area contributed by atoms with Crippen molar-refractivity contribution in [3.05, 3.63) is 58.8 Å². The number of furan rings is 1. The first-order valence-electron chi connectivity index (χ1n) is 10.6. The summed E-state index contributed by atoms with van der Waals surface area (Å²) in [6.45, 7) is 4.59. The number of benzene rings is 2. The number of ether oxygens (including phenoxy) is 2. The fourth-order valence-corrected chi connectivity index (χ4v) is 5.10. The van der Waals surface area contributed by atoms with Crippen molar-refractivity contribution >= 4 is 45.7 Å². The number of methoxy groups -OCH3 is 1. The van der Waals surface area contributed by atoms with Crippen LogP contribution < -0.4 is 14.8 Å². The van der Waals surface area contributed by atoms with Crippen LogP contribution in [-0.2, 0) is 5.75 Å². The summed E-state index contributed by atoms with van der Waals surface area (Å²) in [5, 5.41) is 13.0. The second-order valence-corrected chi connectivity index (χ2v) is 9.70. The number of aromatic nitrogens is 2. The molecule has 7 nitrogen and oxygen atoms in total. The van der Waals surface area contributed by atoms with E-state index in [-0.39, 0.29) is 11.7 Å². The van der Waals surface area contributed by atoms with Crippen LogP contribution in [-0.4, -0.2) is 29.8 Å². The molecule has 4 aromatic rings. The van der Waals surface area contributed by atoms with E-state index >= 15 is 0 Å². The average Bonchev–Trinajstić information content (AvgIpc) is 3.41. The molecule has 2 aromatic heterocycles. The van der Waals surface area contributed by atoms with Crippen LogP contribution in [0.2, 0.25) is 0 Å². The van der Waals surface area contributed by atoms with Crippen molar-refractivity contribution in [2.75, 3.05) is 19.0 Å². The number of hydrogen-bond donors (Lipinski definition) is 1. The molecule has 2 aromatic carbocycles. The number of aryl methyl sites for hydroxylation is 1. The highest BCUT2D eigenvalue weighted by molar-refractivity contribution is 8.00. The van der Waals surface area contributed by atoms with E-state index in [4.69, 9.17) is 13.9 Å². The molecule has 0 spiro atoms. The number of carbonyl (C=O) groups is 1. The topological polar surface area (TPSA) is 86.5 Å². The number of rotatable bonds is 10. The first-order chi connectivity index (χ1) is 16.1. The van der Waals surface area contributed by atoms with Crippen LogP contribution in [0.5, 0.6) is 11.5 Å². The summed E-state index contributed by atoms with van der Waals surface area (Å²) in [7, 11) is 1.59. The maximum Gasteiger partial charge on any atom is 0.291 e. The van der Waals surface area contributed by atoms with E-state index in [0.29, 0.717) is 35.1 Å². The number of unbranched alkanes of at least 4 members (excludes halogenated alkanes) is 1. The molecule has 0 radical (unpaired) electrons. The Morgan fingerprint density at radius 3 is 2.82 bits per heavy atom. The highest BCUT2D eigenvalue weighted by Crippen LogP contribution is 2.35. The average molecular weight is 484 g/mol. The fraction of sp³-hybridized carbons (Fsp3) is 0.292. The molecule has 172 valence electrons. The molecule has 33 heavy (non-hydrogen) atoms. The van der Waals surface area contributed by atoms with E-state index in [2.05, 4.69) is 22.4 Å². The molecule has 2 heterocycles. The normalized spacial score (nSPS) is 11.0. The Hall–Kier alpha value is -3.04. The molecule has 1 amide bonds. The molecule has 0 atom stereocenters. The van der Waals surface area contributed by atoms with Gasteiger partial charge in [0.1, 0.15) is 22.1 Å². The molecule has 0 bridgehead atoms. The van der Waals surface area contributed by atoms with Crippen molar-refractivity contribution in [2.24, 2.45) is 0 Å². The third-order valence-electron chi connectivity index (χ3n) is 4.94. The lowest BCUT2D eigenvalue weighted by atomic mass is 10.1. The second-order valence-electron chi connectivity index (χ2n) is 7.30. The van der Waals surface area contributed by atoms with Gasteiger partial charge >= 0.3 is 0 Å². The summed E-state index contributed by atoms with van der Waals surface area (Å²) in [5.74, 6) is 1.68. The number of amides is 1. The number of nitrogens with zero attached hydrogens (tertiary/aromatic N) is 2. The van der Waals surface area contributed by atoms with Gasteiger partial charge in [0.2, 0.25) is 0 Å². The largest absolute Gasteiger partial charge is 0.497 e. The van der Waals surface area contributed by atoms with Gasteiger partial charge in [-0.2, -0.15) is 0 Å². The van der Waals surface area contributed by atoms with Crippen molar-refractivity contribution in [2.45, 2.75) is 36.8 Å². The number of fused-ring (bicyclic) bond motifs is 1. The highest BCUT2D eigenvalue weighted by Gasteiger charge is 2.22. The number of para-hydroxylation sites is 1. The minimum Gasteiger partial charge on any atom is -0.497 e. The number of carbonyl (C=O) groups excluding carboxylic acids is 1. The zero-order chi connectivity index (χ0) is 23.2. The number of nitrogens with one attached hydrogen (secondary N) is 1.